The van der Waals surface area contributed by atoms with E-state index in [2.05, 4.69) is 0 Å². The normalized spacial score (nSPS) is 15.1. The molecule has 3 rings (SSSR count). The molecule has 1 aromatic heterocycles. The van der Waals surface area contributed by atoms with E-state index in [1.807, 2.05) is 29.9 Å². The van der Waals surface area contributed by atoms with E-state index in [0.717, 1.165) is 12.0 Å². The number of aryl methyl sites for hydroxylation is 1. The van der Waals surface area contributed by atoms with Crippen molar-refractivity contribution in [1.82, 2.24) is 14.4 Å². The predicted molar refractivity (Wildman–Crippen MR) is 92.6 cm³/mol. The zero-order chi connectivity index (χ0) is 17.8. The molecule has 0 N–H and O–H groups in total. The number of carbonyl (C=O) groups excluding carboxylic acids is 2. The average molecular weight is 343 g/mol. The molecule has 2 aromatic rings. The van der Waals surface area contributed by atoms with Crippen molar-refractivity contribution in [2.45, 2.75) is 12.8 Å². The van der Waals surface area contributed by atoms with Crippen LogP contribution in [0.15, 0.2) is 42.6 Å². The van der Waals surface area contributed by atoms with Gasteiger partial charge >= 0.3 is 0 Å². The third-order valence-electron chi connectivity index (χ3n) is 4.57. The van der Waals surface area contributed by atoms with Crippen LogP contribution in [0.3, 0.4) is 0 Å². The van der Waals surface area contributed by atoms with Crippen molar-refractivity contribution in [3.8, 4) is 0 Å². The van der Waals surface area contributed by atoms with Crippen LogP contribution in [0.1, 0.15) is 22.5 Å². The zero-order valence-corrected chi connectivity index (χ0v) is 14.3. The summed E-state index contributed by atoms with van der Waals surface area (Å²) in [5.74, 6) is -0.291. The summed E-state index contributed by atoms with van der Waals surface area (Å²) < 4.78 is 14.8. The Kier molecular flexibility index (Phi) is 5.16. The van der Waals surface area contributed by atoms with Crippen LogP contribution in [-0.4, -0.2) is 52.4 Å². The molecular formula is C19H22FN3O2. The van der Waals surface area contributed by atoms with Gasteiger partial charge in [-0.15, -0.1) is 0 Å². The van der Waals surface area contributed by atoms with Crippen LogP contribution in [0, 0.1) is 5.82 Å². The maximum Gasteiger partial charge on any atom is 0.270 e. The lowest BCUT2D eigenvalue weighted by atomic mass is 10.1. The Morgan fingerprint density at radius 1 is 1.00 bits per heavy atom. The molecule has 0 bridgehead atoms. The Hall–Kier alpha value is -2.63. The topological polar surface area (TPSA) is 45.6 Å². The highest BCUT2D eigenvalue weighted by molar-refractivity contribution is 5.92. The van der Waals surface area contributed by atoms with Gasteiger partial charge in [-0.05, 0) is 36.2 Å². The Bertz CT molecular complexity index is 754. The van der Waals surface area contributed by atoms with Crippen LogP contribution in [-0.2, 0) is 18.3 Å². The van der Waals surface area contributed by atoms with Crippen LogP contribution in [0.2, 0.25) is 0 Å². The molecule has 0 saturated carbocycles. The molecule has 132 valence electrons. The van der Waals surface area contributed by atoms with Crippen molar-refractivity contribution in [2.24, 2.45) is 7.05 Å². The van der Waals surface area contributed by atoms with Crippen LogP contribution >= 0.6 is 0 Å². The second-order valence-electron chi connectivity index (χ2n) is 6.33. The number of aromatic nitrogens is 1. The molecule has 2 heterocycles. The fourth-order valence-corrected chi connectivity index (χ4v) is 3.10. The molecule has 2 amide bonds. The van der Waals surface area contributed by atoms with Gasteiger partial charge in [-0.1, -0.05) is 12.1 Å². The second kappa shape index (κ2) is 7.51. The van der Waals surface area contributed by atoms with Crippen LogP contribution in [0.25, 0.3) is 0 Å². The molecule has 1 aromatic carbocycles. The van der Waals surface area contributed by atoms with Crippen molar-refractivity contribution in [1.29, 1.82) is 0 Å². The highest BCUT2D eigenvalue weighted by Gasteiger charge is 2.23. The van der Waals surface area contributed by atoms with Gasteiger partial charge in [0.15, 0.2) is 0 Å². The molecule has 1 saturated heterocycles. The fraction of sp³-hybridized carbons (Fsp3) is 0.368. The lowest BCUT2D eigenvalue weighted by Gasteiger charge is -2.22. The van der Waals surface area contributed by atoms with Gasteiger partial charge in [0.1, 0.15) is 11.5 Å². The van der Waals surface area contributed by atoms with Crippen LogP contribution in [0.4, 0.5) is 4.39 Å². The Labute approximate surface area is 146 Å². The molecule has 0 radical (unpaired) electrons. The molecule has 5 nitrogen and oxygen atoms in total. The maximum atomic E-state index is 13.0. The molecule has 0 atom stereocenters. The average Bonchev–Trinajstić information content (AvgIpc) is 2.88. The molecule has 25 heavy (non-hydrogen) atoms. The van der Waals surface area contributed by atoms with Gasteiger partial charge in [0.25, 0.3) is 5.91 Å². The molecule has 6 heteroatoms. The van der Waals surface area contributed by atoms with Crippen molar-refractivity contribution < 1.29 is 14.0 Å². The lowest BCUT2D eigenvalue weighted by molar-refractivity contribution is -0.130. The molecule has 0 spiro atoms. The van der Waals surface area contributed by atoms with Crippen molar-refractivity contribution in [3.63, 3.8) is 0 Å². The van der Waals surface area contributed by atoms with Gasteiger partial charge in [0, 0.05) is 39.4 Å². The minimum atomic E-state index is -0.305. The molecular weight excluding hydrogens is 321 g/mol. The first-order valence-corrected chi connectivity index (χ1v) is 8.47. The Balaban J connectivity index is 1.59. The predicted octanol–water partition coefficient (Wildman–Crippen LogP) is 2.08. The number of hydrogen-bond donors (Lipinski definition) is 0. The van der Waals surface area contributed by atoms with E-state index < -0.39 is 0 Å². The van der Waals surface area contributed by atoms with E-state index in [-0.39, 0.29) is 24.1 Å². The van der Waals surface area contributed by atoms with E-state index in [1.165, 1.54) is 12.1 Å². The van der Waals surface area contributed by atoms with Gasteiger partial charge in [-0.2, -0.15) is 0 Å². The first-order valence-electron chi connectivity index (χ1n) is 8.47. The summed E-state index contributed by atoms with van der Waals surface area (Å²) in [7, 11) is 1.85. The fourth-order valence-electron chi connectivity index (χ4n) is 3.10. The SMILES string of the molecule is Cn1cccc1C(=O)N1CCCN(C(=O)Cc2ccc(F)cc2)CC1. The van der Waals surface area contributed by atoms with Crippen molar-refractivity contribution in [3.05, 3.63) is 59.7 Å². The summed E-state index contributed by atoms with van der Waals surface area (Å²) in [4.78, 5) is 28.7. The summed E-state index contributed by atoms with van der Waals surface area (Å²) >= 11 is 0. The van der Waals surface area contributed by atoms with Gasteiger partial charge in [-0.25, -0.2) is 4.39 Å². The lowest BCUT2D eigenvalue weighted by Crippen LogP contribution is -2.38. The molecule has 0 unspecified atom stereocenters. The number of halogens is 1. The van der Waals surface area contributed by atoms with Gasteiger partial charge in [0.05, 0.1) is 6.42 Å². The number of carbonyl (C=O) groups is 2. The summed E-state index contributed by atoms with van der Waals surface area (Å²) in [6.07, 6.45) is 2.86. The quantitative estimate of drug-likeness (QED) is 0.857. The molecule has 1 fully saturated rings. The maximum absolute atomic E-state index is 13.0. The van der Waals surface area contributed by atoms with E-state index in [4.69, 9.17) is 0 Å². The third kappa shape index (κ3) is 4.07. The van der Waals surface area contributed by atoms with E-state index in [0.29, 0.717) is 31.9 Å². The minimum Gasteiger partial charge on any atom is -0.347 e. The van der Waals surface area contributed by atoms with Gasteiger partial charge < -0.3 is 14.4 Å². The summed E-state index contributed by atoms with van der Waals surface area (Å²) in [5.41, 5.74) is 1.46. The first kappa shape index (κ1) is 17.2. The van der Waals surface area contributed by atoms with Crippen LogP contribution in [0.5, 0.6) is 0 Å². The van der Waals surface area contributed by atoms with Crippen molar-refractivity contribution in [2.75, 3.05) is 26.2 Å². The smallest absolute Gasteiger partial charge is 0.270 e. The number of benzene rings is 1. The monoisotopic (exact) mass is 343 g/mol. The van der Waals surface area contributed by atoms with E-state index >= 15 is 0 Å². The summed E-state index contributed by atoms with van der Waals surface area (Å²) in [5, 5.41) is 0. The largest absolute Gasteiger partial charge is 0.347 e. The second-order valence-corrected chi connectivity index (χ2v) is 6.33. The highest BCUT2D eigenvalue weighted by Crippen LogP contribution is 2.12. The Morgan fingerprint density at radius 2 is 1.68 bits per heavy atom. The number of amides is 2. The molecule has 0 aliphatic carbocycles. The summed E-state index contributed by atoms with van der Waals surface area (Å²) in [6.45, 7) is 2.33. The first-order chi connectivity index (χ1) is 12.0. The van der Waals surface area contributed by atoms with E-state index in [9.17, 15) is 14.0 Å². The summed E-state index contributed by atoms with van der Waals surface area (Å²) in [6, 6.07) is 9.66. The number of rotatable bonds is 3. The Morgan fingerprint density at radius 3 is 2.36 bits per heavy atom. The van der Waals surface area contributed by atoms with Gasteiger partial charge in [-0.3, -0.25) is 9.59 Å². The van der Waals surface area contributed by atoms with Crippen LogP contribution < -0.4 is 0 Å². The number of hydrogen-bond acceptors (Lipinski definition) is 2. The molecule has 1 aliphatic rings. The standard InChI is InChI=1S/C19H22FN3O2/c1-21-9-2-4-17(21)19(25)23-11-3-10-22(12-13-23)18(24)14-15-5-7-16(20)8-6-15/h2,4-9H,3,10-14H2,1H3. The highest BCUT2D eigenvalue weighted by atomic mass is 19.1. The number of nitrogens with zero attached hydrogens (tertiary/aromatic N) is 3. The zero-order valence-electron chi connectivity index (χ0n) is 14.3. The minimum absolute atomic E-state index is 0.000309. The third-order valence-corrected chi connectivity index (χ3v) is 4.57. The van der Waals surface area contributed by atoms with E-state index in [1.54, 1.807) is 21.9 Å². The van der Waals surface area contributed by atoms with Crippen molar-refractivity contribution >= 4 is 11.8 Å². The molecule has 1 aliphatic heterocycles. The van der Waals surface area contributed by atoms with Gasteiger partial charge in [0.2, 0.25) is 5.91 Å².